The van der Waals surface area contributed by atoms with Crippen LogP contribution in [0.1, 0.15) is 22.3 Å². The molecule has 0 fully saturated rings. The first-order valence-electron chi connectivity index (χ1n) is 14.7. The van der Waals surface area contributed by atoms with Crippen molar-refractivity contribution in [1.82, 2.24) is 19.9 Å². The van der Waals surface area contributed by atoms with Gasteiger partial charge in [0.2, 0.25) is 0 Å². The van der Waals surface area contributed by atoms with Crippen LogP contribution in [0.3, 0.4) is 0 Å². The summed E-state index contributed by atoms with van der Waals surface area (Å²) in [5.74, 6) is 1.81. The highest BCUT2D eigenvalue weighted by Crippen LogP contribution is 2.62. The quantitative estimate of drug-likeness (QED) is 0.209. The van der Waals surface area contributed by atoms with Crippen molar-refractivity contribution in [3.05, 3.63) is 168 Å². The van der Waals surface area contributed by atoms with Gasteiger partial charge in [-0.3, -0.25) is 4.98 Å². The summed E-state index contributed by atoms with van der Waals surface area (Å²) in [6, 6.07) is 49.2. The average molecular weight is 581 g/mol. The van der Waals surface area contributed by atoms with Gasteiger partial charge in [0.05, 0.1) is 5.41 Å². The second-order valence-electron chi connectivity index (χ2n) is 11.0. The van der Waals surface area contributed by atoms with Crippen LogP contribution in [-0.4, -0.2) is 19.9 Å². The minimum Gasteiger partial charge on any atom is -0.253 e. The van der Waals surface area contributed by atoms with E-state index in [0.717, 1.165) is 11.1 Å². The van der Waals surface area contributed by atoms with Crippen LogP contribution in [0.4, 0.5) is 0 Å². The summed E-state index contributed by atoms with van der Waals surface area (Å²) in [5, 5.41) is 0. The number of rotatable bonds is 3. The third kappa shape index (κ3) is 3.66. The lowest BCUT2D eigenvalue weighted by Crippen LogP contribution is -2.31. The summed E-state index contributed by atoms with van der Waals surface area (Å²) in [7, 11) is 0. The molecule has 0 saturated carbocycles. The molecule has 7 aromatic rings. The Morgan fingerprint density at radius 1 is 0.432 bits per heavy atom. The van der Waals surface area contributed by atoms with Crippen molar-refractivity contribution in [2.24, 2.45) is 0 Å². The number of aromatic nitrogens is 4. The molecule has 0 unspecified atom stereocenters. The minimum atomic E-state index is -0.406. The van der Waals surface area contributed by atoms with Gasteiger partial charge in [-0.1, -0.05) is 127 Å². The van der Waals surface area contributed by atoms with Crippen molar-refractivity contribution in [1.29, 1.82) is 0 Å². The topological polar surface area (TPSA) is 51.6 Å². The molecule has 2 aromatic heterocycles. The van der Waals surface area contributed by atoms with E-state index < -0.39 is 5.41 Å². The monoisotopic (exact) mass is 580 g/mol. The third-order valence-corrected chi connectivity index (χ3v) is 9.80. The molecule has 5 aromatic carbocycles. The van der Waals surface area contributed by atoms with Crippen molar-refractivity contribution in [2.45, 2.75) is 15.2 Å². The zero-order valence-electron chi connectivity index (χ0n) is 23.6. The predicted molar refractivity (Wildman–Crippen MR) is 175 cm³/mol. The lowest BCUT2D eigenvalue weighted by molar-refractivity contribution is 0.722. The van der Waals surface area contributed by atoms with Crippen molar-refractivity contribution in [2.75, 3.05) is 0 Å². The fraction of sp³-hybridized carbons (Fsp3) is 0.0256. The highest BCUT2D eigenvalue weighted by molar-refractivity contribution is 7.99. The van der Waals surface area contributed by atoms with Crippen LogP contribution < -0.4 is 0 Å². The molecule has 1 aliphatic heterocycles. The Morgan fingerprint density at radius 3 is 1.75 bits per heavy atom. The Labute approximate surface area is 259 Å². The zero-order valence-corrected chi connectivity index (χ0v) is 24.4. The molecule has 9 rings (SSSR count). The lowest BCUT2D eigenvalue weighted by atomic mass is 9.67. The maximum Gasteiger partial charge on any atom is 0.182 e. The van der Waals surface area contributed by atoms with E-state index in [1.54, 1.807) is 6.20 Å². The van der Waals surface area contributed by atoms with Crippen LogP contribution in [0.25, 0.3) is 45.4 Å². The largest absolute Gasteiger partial charge is 0.253 e. The molecule has 3 heterocycles. The standard InChI is InChI=1S/C39H24N4S/c1-2-12-25(13-3-1)36-41-37(43-38(42-36)33-19-10-11-23-40-33)26-21-22-32-35(24-26)44-34-20-9-8-18-31(34)39(32)29-16-6-4-14-27(29)28-15-5-7-17-30(28)39/h1-24H. The molecule has 0 saturated heterocycles. The van der Waals surface area contributed by atoms with Crippen LogP contribution in [0.5, 0.6) is 0 Å². The summed E-state index contributed by atoms with van der Waals surface area (Å²) < 4.78 is 0. The smallest absolute Gasteiger partial charge is 0.182 e. The van der Waals surface area contributed by atoms with Gasteiger partial charge in [0.15, 0.2) is 17.5 Å². The maximum atomic E-state index is 4.99. The molecule has 1 aliphatic carbocycles. The molecule has 5 heteroatoms. The van der Waals surface area contributed by atoms with Crippen molar-refractivity contribution < 1.29 is 0 Å². The molecule has 0 bridgehead atoms. The van der Waals surface area contributed by atoms with Crippen LogP contribution in [-0.2, 0) is 5.41 Å². The normalized spacial score (nSPS) is 13.5. The van der Waals surface area contributed by atoms with Crippen LogP contribution in [0.2, 0.25) is 0 Å². The fourth-order valence-corrected chi connectivity index (χ4v) is 8.06. The third-order valence-electron chi connectivity index (χ3n) is 8.67. The molecule has 206 valence electrons. The number of pyridine rings is 1. The molecule has 44 heavy (non-hydrogen) atoms. The number of hydrogen-bond acceptors (Lipinski definition) is 5. The molecule has 2 aliphatic rings. The van der Waals surface area contributed by atoms with Gasteiger partial charge in [0.1, 0.15) is 5.69 Å². The number of hydrogen-bond donors (Lipinski definition) is 0. The summed E-state index contributed by atoms with van der Waals surface area (Å²) in [6.07, 6.45) is 1.77. The van der Waals surface area contributed by atoms with Gasteiger partial charge in [0, 0.05) is 27.1 Å². The van der Waals surface area contributed by atoms with Crippen LogP contribution in [0, 0.1) is 0 Å². The zero-order chi connectivity index (χ0) is 29.1. The molecule has 0 amide bonds. The summed E-state index contributed by atoms with van der Waals surface area (Å²) in [5.41, 5.74) is 10.0. The van der Waals surface area contributed by atoms with Crippen molar-refractivity contribution in [3.8, 4) is 45.4 Å². The van der Waals surface area contributed by atoms with E-state index in [-0.39, 0.29) is 0 Å². The summed E-state index contributed by atoms with van der Waals surface area (Å²) >= 11 is 1.82. The lowest BCUT2D eigenvalue weighted by Gasteiger charge is -2.39. The predicted octanol–water partition coefficient (Wildman–Crippen LogP) is 9.10. The van der Waals surface area contributed by atoms with Crippen molar-refractivity contribution >= 4 is 11.8 Å². The highest BCUT2D eigenvalue weighted by atomic mass is 32.2. The van der Waals surface area contributed by atoms with E-state index >= 15 is 0 Å². The van der Waals surface area contributed by atoms with Gasteiger partial charge in [0.25, 0.3) is 0 Å². The van der Waals surface area contributed by atoms with Gasteiger partial charge in [-0.15, -0.1) is 0 Å². The second-order valence-corrected chi connectivity index (χ2v) is 12.1. The van der Waals surface area contributed by atoms with Gasteiger partial charge in [-0.05, 0) is 57.6 Å². The van der Waals surface area contributed by atoms with Crippen molar-refractivity contribution in [3.63, 3.8) is 0 Å². The summed E-state index contributed by atoms with van der Waals surface area (Å²) in [6.45, 7) is 0. The van der Waals surface area contributed by atoms with E-state index in [1.165, 1.54) is 43.2 Å². The average Bonchev–Trinajstić information content (AvgIpc) is 3.39. The minimum absolute atomic E-state index is 0.406. The van der Waals surface area contributed by atoms with E-state index in [1.807, 2.05) is 60.3 Å². The Kier molecular flexibility index (Phi) is 5.62. The number of fused-ring (bicyclic) bond motifs is 9. The maximum absolute atomic E-state index is 4.99. The first-order chi connectivity index (χ1) is 21.8. The Bertz CT molecular complexity index is 2110. The fourth-order valence-electron chi connectivity index (χ4n) is 6.83. The molecular weight excluding hydrogens is 557 g/mol. The Morgan fingerprint density at radius 2 is 1.02 bits per heavy atom. The van der Waals surface area contributed by atoms with E-state index in [9.17, 15) is 0 Å². The van der Waals surface area contributed by atoms with Gasteiger partial charge >= 0.3 is 0 Å². The van der Waals surface area contributed by atoms with Gasteiger partial charge in [-0.25, -0.2) is 15.0 Å². The first kappa shape index (κ1) is 25.1. The van der Waals surface area contributed by atoms with E-state index in [2.05, 4.69) is 96.0 Å². The molecule has 0 N–H and O–H groups in total. The SMILES string of the molecule is c1ccc(-c2nc(-c3ccc4c(c3)Sc3ccccc3C43c4ccccc4-c4ccccc43)nc(-c3ccccn3)n2)cc1. The number of nitrogens with zero attached hydrogens (tertiary/aromatic N) is 4. The van der Waals surface area contributed by atoms with Gasteiger partial charge in [-0.2, -0.15) is 0 Å². The molecule has 4 nitrogen and oxygen atoms in total. The summed E-state index contributed by atoms with van der Waals surface area (Å²) in [4.78, 5) is 21.8. The first-order valence-corrected chi connectivity index (χ1v) is 15.5. The number of benzene rings is 5. The molecular formula is C39H24N4S. The second kappa shape index (κ2) is 9.83. The highest BCUT2D eigenvalue weighted by Gasteiger charge is 2.50. The molecule has 0 atom stereocenters. The Hall–Kier alpha value is -5.39. The van der Waals surface area contributed by atoms with Crippen LogP contribution >= 0.6 is 11.8 Å². The molecule has 1 spiro atoms. The van der Waals surface area contributed by atoms with E-state index in [0.29, 0.717) is 23.2 Å². The molecule has 0 radical (unpaired) electrons. The van der Waals surface area contributed by atoms with Crippen LogP contribution in [0.15, 0.2) is 156 Å². The van der Waals surface area contributed by atoms with Gasteiger partial charge < -0.3 is 0 Å². The van der Waals surface area contributed by atoms with E-state index in [4.69, 9.17) is 15.0 Å². The Balaban J connectivity index is 1.28.